The molecule has 128 valence electrons. The highest BCUT2D eigenvalue weighted by atomic mass is 16.5. The van der Waals surface area contributed by atoms with Crippen molar-refractivity contribution in [3.8, 4) is 5.75 Å². The number of aryl methyl sites for hydroxylation is 1. The average molecular weight is 337 g/mol. The van der Waals surface area contributed by atoms with Gasteiger partial charge in [0.25, 0.3) is 5.91 Å². The smallest absolute Gasteiger partial charge is 0.336 e. The van der Waals surface area contributed by atoms with E-state index < -0.39 is 11.7 Å². The number of hydrogen-bond acceptors (Lipinski definition) is 4. The second kappa shape index (κ2) is 7.21. The van der Waals surface area contributed by atoms with Crippen molar-refractivity contribution < 1.29 is 13.9 Å². The minimum Gasteiger partial charge on any atom is -0.481 e. The van der Waals surface area contributed by atoms with Gasteiger partial charge in [0.1, 0.15) is 11.3 Å². The van der Waals surface area contributed by atoms with Gasteiger partial charge >= 0.3 is 5.63 Å². The quantitative estimate of drug-likeness (QED) is 0.720. The molecule has 1 atom stereocenters. The summed E-state index contributed by atoms with van der Waals surface area (Å²) in [6.07, 6.45) is 0.0387. The van der Waals surface area contributed by atoms with E-state index in [1.54, 1.807) is 19.1 Å². The SMILES string of the molecule is CCc1cc(=O)oc2cc(O[C@H](C)C(=O)Nc3ccccc3)ccc12. The first-order chi connectivity index (χ1) is 12.1. The van der Waals surface area contributed by atoms with Crippen LogP contribution in [-0.2, 0) is 11.2 Å². The fourth-order valence-corrected chi connectivity index (χ4v) is 2.60. The summed E-state index contributed by atoms with van der Waals surface area (Å²) in [5, 5.41) is 3.66. The maximum absolute atomic E-state index is 12.2. The Balaban J connectivity index is 1.78. The van der Waals surface area contributed by atoms with Gasteiger partial charge in [-0.1, -0.05) is 25.1 Å². The fraction of sp³-hybridized carbons (Fsp3) is 0.200. The Hall–Kier alpha value is -3.08. The Morgan fingerprint density at radius 3 is 2.64 bits per heavy atom. The summed E-state index contributed by atoms with van der Waals surface area (Å²) in [6, 6.07) is 15.9. The van der Waals surface area contributed by atoms with Crippen molar-refractivity contribution in [2.45, 2.75) is 26.4 Å². The first-order valence-corrected chi connectivity index (χ1v) is 8.16. The fourth-order valence-electron chi connectivity index (χ4n) is 2.60. The van der Waals surface area contributed by atoms with Crippen LogP contribution in [0.3, 0.4) is 0 Å². The number of ether oxygens (including phenoxy) is 1. The van der Waals surface area contributed by atoms with Crippen LogP contribution < -0.4 is 15.7 Å². The van der Waals surface area contributed by atoms with E-state index in [-0.39, 0.29) is 5.91 Å². The number of para-hydroxylation sites is 1. The van der Waals surface area contributed by atoms with Crippen molar-refractivity contribution in [2.24, 2.45) is 0 Å². The molecule has 0 aliphatic heterocycles. The van der Waals surface area contributed by atoms with Crippen LogP contribution in [0.4, 0.5) is 5.69 Å². The van der Waals surface area contributed by atoms with Crippen molar-refractivity contribution in [3.05, 3.63) is 70.6 Å². The molecule has 1 amide bonds. The van der Waals surface area contributed by atoms with E-state index >= 15 is 0 Å². The number of fused-ring (bicyclic) bond motifs is 1. The van der Waals surface area contributed by atoms with Crippen LogP contribution in [0.5, 0.6) is 5.75 Å². The first kappa shape index (κ1) is 16.8. The second-order valence-corrected chi connectivity index (χ2v) is 5.72. The Labute approximate surface area is 145 Å². The summed E-state index contributed by atoms with van der Waals surface area (Å²) in [5.41, 5.74) is 1.70. The van der Waals surface area contributed by atoms with E-state index in [2.05, 4.69) is 5.32 Å². The Morgan fingerprint density at radius 1 is 1.16 bits per heavy atom. The molecule has 0 unspecified atom stereocenters. The maximum Gasteiger partial charge on any atom is 0.336 e. The molecule has 3 rings (SSSR count). The number of rotatable bonds is 5. The summed E-state index contributed by atoms with van der Waals surface area (Å²) in [4.78, 5) is 23.9. The molecule has 0 aliphatic rings. The molecule has 0 bridgehead atoms. The van der Waals surface area contributed by atoms with Gasteiger partial charge in [0.05, 0.1) is 0 Å². The predicted molar refractivity (Wildman–Crippen MR) is 97.0 cm³/mol. The third-order valence-electron chi connectivity index (χ3n) is 3.91. The standard InChI is InChI=1S/C20H19NO4/c1-3-14-11-19(22)25-18-12-16(9-10-17(14)18)24-13(2)20(23)21-15-7-5-4-6-8-15/h4-13H,3H2,1-2H3,(H,21,23)/t13-/m1/s1. The van der Waals surface area contributed by atoms with Crippen molar-refractivity contribution in [1.29, 1.82) is 0 Å². The Morgan fingerprint density at radius 2 is 1.92 bits per heavy atom. The maximum atomic E-state index is 12.2. The van der Waals surface area contributed by atoms with Crippen molar-refractivity contribution in [1.82, 2.24) is 0 Å². The predicted octanol–water partition coefficient (Wildman–Crippen LogP) is 3.76. The van der Waals surface area contributed by atoms with Crippen LogP contribution in [0.25, 0.3) is 11.0 Å². The van der Waals surface area contributed by atoms with Crippen LogP contribution in [0.15, 0.2) is 63.8 Å². The highest BCUT2D eigenvalue weighted by molar-refractivity contribution is 5.94. The lowest BCUT2D eigenvalue weighted by Crippen LogP contribution is -2.30. The molecule has 1 N–H and O–H groups in total. The van der Waals surface area contributed by atoms with Crippen LogP contribution in [0, 0.1) is 0 Å². The summed E-state index contributed by atoms with van der Waals surface area (Å²) in [5.74, 6) is 0.217. The number of carbonyl (C=O) groups is 1. The second-order valence-electron chi connectivity index (χ2n) is 5.72. The Bertz CT molecular complexity index is 947. The molecule has 1 aromatic heterocycles. The number of anilines is 1. The van der Waals surface area contributed by atoms with Gasteiger partial charge in [-0.05, 0) is 43.2 Å². The van der Waals surface area contributed by atoms with Crippen LogP contribution in [0.1, 0.15) is 19.4 Å². The normalized spacial score (nSPS) is 11.9. The van der Waals surface area contributed by atoms with Gasteiger partial charge in [-0.2, -0.15) is 0 Å². The topological polar surface area (TPSA) is 68.5 Å². The molecule has 0 radical (unpaired) electrons. The Kier molecular flexibility index (Phi) is 4.84. The van der Waals surface area contributed by atoms with Gasteiger partial charge in [-0.25, -0.2) is 4.79 Å². The van der Waals surface area contributed by atoms with E-state index in [0.29, 0.717) is 17.0 Å². The van der Waals surface area contributed by atoms with E-state index in [1.165, 1.54) is 6.07 Å². The lowest BCUT2D eigenvalue weighted by atomic mass is 10.1. The minimum absolute atomic E-state index is 0.255. The third-order valence-corrected chi connectivity index (χ3v) is 3.91. The molecule has 3 aromatic rings. The largest absolute Gasteiger partial charge is 0.481 e. The van der Waals surface area contributed by atoms with Crippen molar-refractivity contribution in [3.63, 3.8) is 0 Å². The molecule has 5 nitrogen and oxygen atoms in total. The zero-order chi connectivity index (χ0) is 17.8. The molecule has 5 heteroatoms. The molecule has 25 heavy (non-hydrogen) atoms. The number of carbonyl (C=O) groups excluding carboxylic acids is 1. The zero-order valence-electron chi connectivity index (χ0n) is 14.1. The molecular weight excluding hydrogens is 318 g/mol. The van der Waals surface area contributed by atoms with E-state index in [4.69, 9.17) is 9.15 Å². The first-order valence-electron chi connectivity index (χ1n) is 8.16. The van der Waals surface area contributed by atoms with Gasteiger partial charge in [0.2, 0.25) is 0 Å². The van der Waals surface area contributed by atoms with Crippen molar-refractivity contribution >= 4 is 22.6 Å². The van der Waals surface area contributed by atoms with Gasteiger partial charge in [0.15, 0.2) is 6.10 Å². The third kappa shape index (κ3) is 3.88. The minimum atomic E-state index is -0.696. The zero-order valence-corrected chi connectivity index (χ0v) is 14.1. The summed E-state index contributed by atoms with van der Waals surface area (Å²) < 4.78 is 10.9. The van der Waals surface area contributed by atoms with E-state index in [0.717, 1.165) is 17.4 Å². The molecule has 1 heterocycles. The number of amides is 1. The van der Waals surface area contributed by atoms with Gasteiger partial charge in [-0.15, -0.1) is 0 Å². The van der Waals surface area contributed by atoms with Crippen LogP contribution >= 0.6 is 0 Å². The summed E-state index contributed by atoms with van der Waals surface area (Å²) in [7, 11) is 0. The van der Waals surface area contributed by atoms with E-state index in [1.807, 2.05) is 43.3 Å². The molecule has 0 saturated heterocycles. The summed E-state index contributed by atoms with van der Waals surface area (Å²) >= 11 is 0. The van der Waals surface area contributed by atoms with Gasteiger partial charge < -0.3 is 14.5 Å². The molecule has 0 aliphatic carbocycles. The van der Waals surface area contributed by atoms with Gasteiger partial charge in [0, 0.05) is 23.2 Å². The molecule has 2 aromatic carbocycles. The number of nitrogens with one attached hydrogen (secondary N) is 1. The number of hydrogen-bond donors (Lipinski definition) is 1. The summed E-state index contributed by atoms with van der Waals surface area (Å²) in [6.45, 7) is 3.65. The average Bonchev–Trinajstić information content (AvgIpc) is 2.61. The lowest BCUT2D eigenvalue weighted by Gasteiger charge is -2.15. The van der Waals surface area contributed by atoms with Gasteiger partial charge in [-0.3, -0.25) is 4.79 Å². The van der Waals surface area contributed by atoms with E-state index in [9.17, 15) is 9.59 Å². The van der Waals surface area contributed by atoms with Crippen LogP contribution in [-0.4, -0.2) is 12.0 Å². The number of benzene rings is 2. The van der Waals surface area contributed by atoms with Crippen molar-refractivity contribution in [2.75, 3.05) is 5.32 Å². The monoisotopic (exact) mass is 337 g/mol. The molecular formula is C20H19NO4. The lowest BCUT2D eigenvalue weighted by molar-refractivity contribution is -0.122. The highest BCUT2D eigenvalue weighted by Crippen LogP contribution is 2.24. The molecule has 0 fully saturated rings. The molecule has 0 spiro atoms. The van der Waals surface area contributed by atoms with Crippen LogP contribution in [0.2, 0.25) is 0 Å². The highest BCUT2D eigenvalue weighted by Gasteiger charge is 2.15. The molecule has 0 saturated carbocycles.